The Morgan fingerprint density at radius 3 is 2.47 bits per heavy atom. The van der Waals surface area contributed by atoms with Crippen molar-refractivity contribution in [1.82, 2.24) is 4.90 Å². The number of hydrogen-bond donors (Lipinski definition) is 2. The molecule has 1 atom stereocenters. The maximum atomic E-state index is 12.6. The number of ether oxygens (including phenoxy) is 1. The second-order valence-electron chi connectivity index (χ2n) is 7.95. The number of nitrogens with zero attached hydrogens (tertiary/aromatic N) is 1. The van der Waals surface area contributed by atoms with Crippen molar-refractivity contribution in [1.29, 1.82) is 0 Å². The van der Waals surface area contributed by atoms with Gasteiger partial charge in [-0.2, -0.15) is 0 Å². The number of methoxy groups -OCH3 is 1. The molecule has 0 saturated heterocycles. The average molecular weight is 430 g/mol. The number of benzene rings is 3. The van der Waals surface area contributed by atoms with Crippen LogP contribution in [0.1, 0.15) is 33.9 Å². The summed E-state index contributed by atoms with van der Waals surface area (Å²) in [6, 6.07) is 22.8. The van der Waals surface area contributed by atoms with Gasteiger partial charge in [-0.25, -0.2) is 0 Å². The summed E-state index contributed by atoms with van der Waals surface area (Å²) in [6.07, 6.45) is 2.07. The third-order valence-corrected chi connectivity index (χ3v) is 5.81. The first kappa shape index (κ1) is 21.6. The van der Waals surface area contributed by atoms with Crippen molar-refractivity contribution in [3.63, 3.8) is 0 Å². The lowest BCUT2D eigenvalue weighted by molar-refractivity contribution is -0.117. The summed E-state index contributed by atoms with van der Waals surface area (Å²) in [5.41, 5.74) is 4.44. The van der Waals surface area contributed by atoms with Crippen molar-refractivity contribution < 1.29 is 14.3 Å². The first-order valence-corrected chi connectivity index (χ1v) is 10.7. The van der Waals surface area contributed by atoms with Crippen molar-refractivity contribution in [3.8, 4) is 5.75 Å². The molecule has 2 N–H and O–H groups in total. The van der Waals surface area contributed by atoms with Gasteiger partial charge in [-0.1, -0.05) is 36.4 Å². The molecule has 0 fully saturated rings. The fraction of sp³-hybridized carbons (Fsp3) is 0.231. The van der Waals surface area contributed by atoms with Gasteiger partial charge in [-0.3, -0.25) is 14.5 Å². The van der Waals surface area contributed by atoms with Crippen molar-refractivity contribution in [2.24, 2.45) is 0 Å². The molecule has 3 aromatic carbocycles. The molecule has 3 aromatic rings. The molecule has 0 unspecified atom stereocenters. The maximum Gasteiger partial charge on any atom is 0.255 e. The summed E-state index contributed by atoms with van der Waals surface area (Å²) in [7, 11) is 3.54. The predicted octanol–water partition coefficient (Wildman–Crippen LogP) is 4.51. The molecule has 4 rings (SSSR count). The number of rotatable bonds is 7. The number of aryl methyl sites for hydroxylation is 1. The number of anilines is 2. The molecule has 164 valence electrons. The van der Waals surface area contributed by atoms with Crippen LogP contribution in [-0.2, 0) is 11.2 Å². The highest BCUT2D eigenvalue weighted by atomic mass is 16.5. The van der Waals surface area contributed by atoms with Gasteiger partial charge in [0.25, 0.3) is 5.91 Å². The lowest BCUT2D eigenvalue weighted by Crippen LogP contribution is -2.32. The lowest BCUT2D eigenvalue weighted by Gasteiger charge is -2.24. The van der Waals surface area contributed by atoms with Crippen LogP contribution in [0.5, 0.6) is 5.75 Å². The zero-order valence-electron chi connectivity index (χ0n) is 18.3. The minimum absolute atomic E-state index is 0.0805. The first-order valence-electron chi connectivity index (χ1n) is 10.7. The number of para-hydroxylation sites is 2. The molecule has 0 aliphatic heterocycles. The smallest absolute Gasteiger partial charge is 0.255 e. The van der Waals surface area contributed by atoms with Crippen LogP contribution >= 0.6 is 0 Å². The van der Waals surface area contributed by atoms with Crippen molar-refractivity contribution in [2.75, 3.05) is 31.3 Å². The van der Waals surface area contributed by atoms with Gasteiger partial charge in [0, 0.05) is 17.3 Å². The summed E-state index contributed by atoms with van der Waals surface area (Å²) in [5.74, 6) is 0.272. The van der Waals surface area contributed by atoms with Gasteiger partial charge in [-0.05, 0) is 67.4 Å². The summed E-state index contributed by atoms with van der Waals surface area (Å²) in [4.78, 5) is 27.2. The lowest BCUT2D eigenvalue weighted by atomic mass is 10.1. The Bertz CT molecular complexity index is 1110. The second kappa shape index (κ2) is 9.66. The second-order valence-corrected chi connectivity index (χ2v) is 7.95. The summed E-state index contributed by atoms with van der Waals surface area (Å²) in [6.45, 7) is 0.301. The molecule has 1 aliphatic rings. The molecular weight excluding hydrogens is 402 g/mol. The molecule has 0 bridgehead atoms. The van der Waals surface area contributed by atoms with Crippen LogP contribution in [0.2, 0.25) is 0 Å². The van der Waals surface area contributed by atoms with E-state index in [2.05, 4.69) is 39.8 Å². The largest absolute Gasteiger partial charge is 0.495 e. The zero-order valence-corrected chi connectivity index (χ0v) is 18.3. The van der Waals surface area contributed by atoms with E-state index in [1.165, 1.54) is 11.1 Å². The Kier molecular flexibility index (Phi) is 6.52. The molecule has 6 nitrogen and oxygen atoms in total. The van der Waals surface area contributed by atoms with Crippen molar-refractivity contribution in [3.05, 3.63) is 89.5 Å². The van der Waals surface area contributed by atoms with Gasteiger partial charge in [-0.15, -0.1) is 0 Å². The molecule has 0 saturated carbocycles. The summed E-state index contributed by atoms with van der Waals surface area (Å²) >= 11 is 0. The van der Waals surface area contributed by atoms with Crippen LogP contribution in [0.4, 0.5) is 11.4 Å². The van der Waals surface area contributed by atoms with E-state index in [9.17, 15) is 9.59 Å². The molecule has 2 amide bonds. The number of nitrogens with one attached hydrogen (secondary N) is 2. The van der Waals surface area contributed by atoms with E-state index in [1.807, 2.05) is 19.2 Å². The molecule has 32 heavy (non-hydrogen) atoms. The normalized spacial score (nSPS) is 14.7. The van der Waals surface area contributed by atoms with E-state index in [1.54, 1.807) is 43.5 Å². The topological polar surface area (TPSA) is 70.7 Å². The van der Waals surface area contributed by atoms with Crippen LogP contribution < -0.4 is 15.4 Å². The third kappa shape index (κ3) is 4.81. The van der Waals surface area contributed by atoms with Crippen LogP contribution in [0.15, 0.2) is 72.8 Å². The Morgan fingerprint density at radius 2 is 1.69 bits per heavy atom. The van der Waals surface area contributed by atoms with Crippen LogP contribution in [-0.4, -0.2) is 37.4 Å². The number of likely N-dealkylation sites (N-methyl/N-ethyl adjacent to an activating group) is 1. The number of carbonyl (C=O) groups is 2. The quantitative estimate of drug-likeness (QED) is 0.580. The predicted molar refractivity (Wildman–Crippen MR) is 126 cm³/mol. The molecule has 1 aliphatic carbocycles. The van der Waals surface area contributed by atoms with Crippen molar-refractivity contribution >= 4 is 23.2 Å². The molecule has 0 radical (unpaired) electrons. The van der Waals surface area contributed by atoms with Crippen LogP contribution in [0, 0.1) is 0 Å². The first-order chi connectivity index (χ1) is 15.5. The summed E-state index contributed by atoms with van der Waals surface area (Å²) in [5, 5.41) is 5.77. The number of amides is 2. The zero-order chi connectivity index (χ0) is 22.5. The molecule has 6 heteroatoms. The van der Waals surface area contributed by atoms with E-state index in [4.69, 9.17) is 4.74 Å². The third-order valence-electron chi connectivity index (χ3n) is 5.81. The molecule has 0 spiro atoms. The van der Waals surface area contributed by atoms with Gasteiger partial charge in [0.1, 0.15) is 5.75 Å². The van der Waals surface area contributed by atoms with E-state index in [0.717, 1.165) is 12.8 Å². The minimum atomic E-state index is -0.244. The monoisotopic (exact) mass is 429 g/mol. The minimum Gasteiger partial charge on any atom is -0.495 e. The Labute approximate surface area is 188 Å². The van der Waals surface area contributed by atoms with E-state index >= 15 is 0 Å². The van der Waals surface area contributed by atoms with Crippen molar-refractivity contribution in [2.45, 2.75) is 18.9 Å². The highest BCUT2D eigenvalue weighted by Gasteiger charge is 2.26. The van der Waals surface area contributed by atoms with Gasteiger partial charge in [0.15, 0.2) is 0 Å². The SMILES string of the molecule is COc1ccccc1NC(=O)c1ccc(NC(=O)CN(C)[C@@H]2CCc3ccccc32)cc1. The molecular formula is C26H27N3O3. The summed E-state index contributed by atoms with van der Waals surface area (Å²) < 4.78 is 5.27. The Hall–Kier alpha value is -3.64. The number of hydrogen-bond acceptors (Lipinski definition) is 4. The van der Waals surface area contributed by atoms with Gasteiger partial charge < -0.3 is 15.4 Å². The molecule has 0 aromatic heterocycles. The van der Waals surface area contributed by atoms with Crippen LogP contribution in [0.25, 0.3) is 0 Å². The van der Waals surface area contributed by atoms with Gasteiger partial charge in [0.2, 0.25) is 5.91 Å². The Morgan fingerprint density at radius 1 is 0.969 bits per heavy atom. The standard InChI is InChI=1S/C26H27N3O3/c1-29(23-16-13-18-7-3-4-8-21(18)23)17-25(30)27-20-14-11-19(12-15-20)26(31)28-22-9-5-6-10-24(22)32-2/h3-12,14-15,23H,13,16-17H2,1-2H3,(H,27,30)(H,28,31)/t23-/m1/s1. The van der Waals surface area contributed by atoms with E-state index in [-0.39, 0.29) is 17.9 Å². The van der Waals surface area contributed by atoms with Gasteiger partial charge >= 0.3 is 0 Å². The fourth-order valence-corrected chi connectivity index (χ4v) is 4.18. The highest BCUT2D eigenvalue weighted by Crippen LogP contribution is 2.34. The van der Waals surface area contributed by atoms with Gasteiger partial charge in [0.05, 0.1) is 19.3 Å². The average Bonchev–Trinajstić information content (AvgIpc) is 3.24. The maximum absolute atomic E-state index is 12.6. The van der Waals surface area contributed by atoms with Crippen LogP contribution in [0.3, 0.4) is 0 Å². The van der Waals surface area contributed by atoms with E-state index in [0.29, 0.717) is 29.2 Å². The Balaban J connectivity index is 1.33. The van der Waals surface area contributed by atoms with E-state index < -0.39 is 0 Å². The fourth-order valence-electron chi connectivity index (χ4n) is 4.18. The highest BCUT2D eigenvalue weighted by molar-refractivity contribution is 6.05. The molecule has 0 heterocycles. The number of fused-ring (bicyclic) bond motifs is 1. The number of carbonyl (C=O) groups excluding carboxylic acids is 2.